The van der Waals surface area contributed by atoms with E-state index in [0.717, 1.165) is 24.8 Å². The molecule has 0 saturated carbocycles. The monoisotopic (exact) mass is 408 g/mol. The molecule has 0 bridgehead atoms. The van der Waals surface area contributed by atoms with Crippen molar-refractivity contribution in [2.75, 3.05) is 13.1 Å². The van der Waals surface area contributed by atoms with E-state index in [1.165, 1.54) is 27.3 Å². The van der Waals surface area contributed by atoms with E-state index < -0.39 is 22.0 Å². The predicted molar refractivity (Wildman–Crippen MR) is 103 cm³/mol. The normalized spacial score (nSPS) is 16.7. The molecule has 28 heavy (non-hydrogen) atoms. The molecule has 0 spiro atoms. The average molecular weight is 408 g/mol. The maximum atomic E-state index is 13.1. The molecular formula is C19H25FN4O3S. The van der Waals surface area contributed by atoms with Crippen molar-refractivity contribution in [2.24, 2.45) is 0 Å². The first-order valence-corrected chi connectivity index (χ1v) is 10.9. The zero-order chi connectivity index (χ0) is 20.3. The lowest BCUT2D eigenvalue weighted by Gasteiger charge is -2.25. The number of carbonyl (C=O) groups is 1. The largest absolute Gasteiger partial charge is 0.345 e. The SMILES string of the molecule is CCn1cc(C(=O)N[C@H](C)c2ccc(F)cc2)c(S(=O)(=O)N2CCCCC2)n1. The second-order valence-corrected chi connectivity index (χ2v) is 8.77. The quantitative estimate of drug-likeness (QED) is 0.797. The van der Waals surface area contributed by atoms with Gasteiger partial charge >= 0.3 is 0 Å². The number of aryl methyl sites for hydroxylation is 1. The van der Waals surface area contributed by atoms with Crippen molar-refractivity contribution in [3.8, 4) is 0 Å². The second kappa shape index (κ2) is 8.40. The zero-order valence-electron chi connectivity index (χ0n) is 16.1. The fraction of sp³-hybridized carbons (Fsp3) is 0.474. The molecule has 1 aliphatic heterocycles. The van der Waals surface area contributed by atoms with Crippen molar-refractivity contribution in [3.63, 3.8) is 0 Å². The summed E-state index contributed by atoms with van der Waals surface area (Å²) in [5.74, 6) is -0.881. The molecule has 1 aromatic carbocycles. The number of sulfonamides is 1. The molecule has 2 heterocycles. The molecule has 1 saturated heterocycles. The lowest BCUT2D eigenvalue weighted by molar-refractivity contribution is 0.0936. The molecule has 3 rings (SSSR count). The highest BCUT2D eigenvalue weighted by Gasteiger charge is 2.33. The van der Waals surface area contributed by atoms with Gasteiger partial charge in [0.1, 0.15) is 5.82 Å². The minimum absolute atomic E-state index is 0.0291. The van der Waals surface area contributed by atoms with E-state index in [1.54, 1.807) is 19.1 Å². The highest BCUT2D eigenvalue weighted by atomic mass is 32.2. The first kappa shape index (κ1) is 20.5. The molecule has 1 fully saturated rings. The van der Waals surface area contributed by atoms with Gasteiger partial charge in [0.2, 0.25) is 5.03 Å². The fourth-order valence-electron chi connectivity index (χ4n) is 3.25. The maximum Gasteiger partial charge on any atom is 0.263 e. The van der Waals surface area contributed by atoms with Crippen LogP contribution in [0.15, 0.2) is 35.5 Å². The van der Waals surface area contributed by atoms with E-state index in [9.17, 15) is 17.6 Å². The van der Waals surface area contributed by atoms with Gasteiger partial charge in [0.15, 0.2) is 0 Å². The van der Waals surface area contributed by atoms with Crippen molar-refractivity contribution in [2.45, 2.75) is 50.7 Å². The Labute approximate surface area is 164 Å². The van der Waals surface area contributed by atoms with Gasteiger partial charge in [-0.2, -0.15) is 9.40 Å². The smallest absolute Gasteiger partial charge is 0.263 e. The Morgan fingerprint density at radius 1 is 1.21 bits per heavy atom. The number of hydrogen-bond acceptors (Lipinski definition) is 4. The third kappa shape index (κ3) is 4.25. The summed E-state index contributed by atoms with van der Waals surface area (Å²) in [6, 6.07) is 5.39. The van der Waals surface area contributed by atoms with Crippen LogP contribution in [-0.4, -0.2) is 41.5 Å². The molecule has 152 valence electrons. The number of halogens is 1. The summed E-state index contributed by atoms with van der Waals surface area (Å²) in [5.41, 5.74) is 0.749. The minimum atomic E-state index is -3.84. The Kier molecular flexibility index (Phi) is 6.14. The van der Waals surface area contributed by atoms with E-state index in [2.05, 4.69) is 10.4 Å². The molecule has 0 aliphatic carbocycles. The number of aromatic nitrogens is 2. The molecule has 1 aliphatic rings. The number of hydrogen-bond donors (Lipinski definition) is 1. The van der Waals surface area contributed by atoms with Gasteiger partial charge < -0.3 is 5.32 Å². The summed E-state index contributed by atoms with van der Waals surface area (Å²) in [6.45, 7) is 4.91. The number of nitrogens with one attached hydrogen (secondary N) is 1. The van der Waals surface area contributed by atoms with Gasteiger partial charge in [-0.3, -0.25) is 9.48 Å². The lowest BCUT2D eigenvalue weighted by atomic mass is 10.1. The first-order valence-electron chi connectivity index (χ1n) is 9.47. The molecule has 1 amide bonds. The molecule has 9 heteroatoms. The molecule has 1 atom stereocenters. The lowest BCUT2D eigenvalue weighted by Crippen LogP contribution is -2.37. The first-order chi connectivity index (χ1) is 13.3. The summed E-state index contributed by atoms with van der Waals surface area (Å²) in [7, 11) is -3.84. The number of amides is 1. The van der Waals surface area contributed by atoms with Crippen LogP contribution >= 0.6 is 0 Å². The molecule has 1 N–H and O–H groups in total. The van der Waals surface area contributed by atoms with Crippen LogP contribution in [0.5, 0.6) is 0 Å². The molecule has 0 unspecified atom stereocenters. The van der Waals surface area contributed by atoms with Crippen molar-refractivity contribution in [1.82, 2.24) is 19.4 Å². The van der Waals surface area contributed by atoms with Crippen LogP contribution in [0, 0.1) is 5.82 Å². The van der Waals surface area contributed by atoms with Gasteiger partial charge in [-0.1, -0.05) is 18.6 Å². The number of benzene rings is 1. The topological polar surface area (TPSA) is 84.3 Å². The van der Waals surface area contributed by atoms with Crippen LogP contribution < -0.4 is 5.32 Å². The third-order valence-corrected chi connectivity index (χ3v) is 6.75. The third-order valence-electron chi connectivity index (χ3n) is 4.91. The zero-order valence-corrected chi connectivity index (χ0v) is 16.9. The van der Waals surface area contributed by atoms with E-state index in [0.29, 0.717) is 19.6 Å². The van der Waals surface area contributed by atoms with Crippen LogP contribution in [0.25, 0.3) is 0 Å². The van der Waals surface area contributed by atoms with Crippen LogP contribution in [0.4, 0.5) is 4.39 Å². The Bertz CT molecular complexity index is 935. The Morgan fingerprint density at radius 3 is 2.46 bits per heavy atom. The molecule has 7 nitrogen and oxygen atoms in total. The second-order valence-electron chi connectivity index (χ2n) is 6.92. The van der Waals surface area contributed by atoms with E-state index in [1.807, 2.05) is 6.92 Å². The highest BCUT2D eigenvalue weighted by molar-refractivity contribution is 7.89. The van der Waals surface area contributed by atoms with Gasteiger partial charge in [-0.25, -0.2) is 12.8 Å². The van der Waals surface area contributed by atoms with Crippen LogP contribution in [0.1, 0.15) is 55.1 Å². The summed E-state index contributed by atoms with van der Waals surface area (Å²) >= 11 is 0. The minimum Gasteiger partial charge on any atom is -0.345 e. The average Bonchev–Trinajstić information content (AvgIpc) is 3.15. The molecule has 0 radical (unpaired) electrons. The van der Waals surface area contributed by atoms with Crippen molar-refractivity contribution >= 4 is 15.9 Å². The van der Waals surface area contributed by atoms with Crippen LogP contribution in [0.3, 0.4) is 0 Å². The van der Waals surface area contributed by atoms with Crippen LogP contribution in [-0.2, 0) is 16.6 Å². The van der Waals surface area contributed by atoms with E-state index in [-0.39, 0.29) is 16.4 Å². The van der Waals surface area contributed by atoms with Gasteiger partial charge in [0, 0.05) is 25.8 Å². The van der Waals surface area contributed by atoms with Gasteiger partial charge in [0.25, 0.3) is 15.9 Å². The van der Waals surface area contributed by atoms with Gasteiger partial charge in [-0.15, -0.1) is 0 Å². The van der Waals surface area contributed by atoms with Gasteiger partial charge in [-0.05, 0) is 44.4 Å². The molecule has 1 aromatic heterocycles. The highest BCUT2D eigenvalue weighted by Crippen LogP contribution is 2.23. The fourth-order valence-corrected chi connectivity index (χ4v) is 4.86. The van der Waals surface area contributed by atoms with Crippen molar-refractivity contribution < 1.29 is 17.6 Å². The van der Waals surface area contributed by atoms with E-state index >= 15 is 0 Å². The van der Waals surface area contributed by atoms with E-state index in [4.69, 9.17) is 0 Å². The number of piperidine rings is 1. The summed E-state index contributed by atoms with van der Waals surface area (Å²) in [6.07, 6.45) is 4.06. The van der Waals surface area contributed by atoms with Crippen molar-refractivity contribution in [3.05, 3.63) is 47.4 Å². The summed E-state index contributed by atoms with van der Waals surface area (Å²) in [5, 5.41) is 6.74. The van der Waals surface area contributed by atoms with Crippen molar-refractivity contribution in [1.29, 1.82) is 0 Å². The molecular weight excluding hydrogens is 383 g/mol. The van der Waals surface area contributed by atoms with Gasteiger partial charge in [0.05, 0.1) is 11.6 Å². The Hall–Kier alpha value is -2.26. The number of nitrogens with zero attached hydrogens (tertiary/aromatic N) is 3. The summed E-state index contributed by atoms with van der Waals surface area (Å²) in [4.78, 5) is 12.9. The maximum absolute atomic E-state index is 13.1. The predicted octanol–water partition coefficient (Wildman–Crippen LogP) is 2.71. The van der Waals surface area contributed by atoms with Crippen LogP contribution in [0.2, 0.25) is 0 Å². The Balaban J connectivity index is 1.87. The molecule has 2 aromatic rings. The standard InChI is InChI=1S/C19H25FN4O3S/c1-3-23-13-17(18(25)21-14(2)15-7-9-16(20)10-8-15)19(22-23)28(26,27)24-11-5-4-6-12-24/h7-10,13-14H,3-6,11-12H2,1-2H3,(H,21,25)/t14-/m1/s1. The number of rotatable bonds is 6. The Morgan fingerprint density at radius 2 is 1.86 bits per heavy atom. The number of carbonyl (C=O) groups excluding carboxylic acids is 1. The summed E-state index contributed by atoms with van der Waals surface area (Å²) < 4.78 is 42.1.